The molecule has 0 spiro atoms. The summed E-state index contributed by atoms with van der Waals surface area (Å²) >= 11 is 1.18. The van der Waals surface area contributed by atoms with Gasteiger partial charge in [0.1, 0.15) is 23.0 Å². The zero-order valence-electron chi connectivity index (χ0n) is 11.3. The molecule has 0 saturated heterocycles. The molecule has 0 radical (unpaired) electrons. The number of benzene rings is 2. The van der Waals surface area contributed by atoms with E-state index in [1.165, 1.54) is 18.1 Å². The van der Waals surface area contributed by atoms with E-state index < -0.39 is 17.4 Å². The Kier molecular flexibility index (Phi) is 4.11. The Labute approximate surface area is 129 Å². The second-order valence-electron chi connectivity index (χ2n) is 4.53. The summed E-state index contributed by atoms with van der Waals surface area (Å²) in [6.45, 7) is 0. The molecule has 0 aliphatic rings. The van der Waals surface area contributed by atoms with Crippen molar-refractivity contribution >= 4 is 28.4 Å². The minimum atomic E-state index is -0.723. The Bertz CT molecular complexity index is 849. The molecule has 6 heteroatoms. The molecule has 0 fully saturated rings. The van der Waals surface area contributed by atoms with Crippen molar-refractivity contribution in [3.8, 4) is 0 Å². The highest BCUT2D eigenvalue weighted by Crippen LogP contribution is 2.25. The lowest BCUT2D eigenvalue weighted by molar-refractivity contribution is 0.101. The molecule has 3 nitrogen and oxygen atoms in total. The average molecular weight is 316 g/mol. The lowest BCUT2D eigenvalue weighted by atomic mass is 10.1. The maximum Gasteiger partial charge on any atom is 0.176 e. The summed E-state index contributed by atoms with van der Waals surface area (Å²) in [4.78, 5) is 20.3. The van der Waals surface area contributed by atoms with Gasteiger partial charge >= 0.3 is 0 Å². The van der Waals surface area contributed by atoms with Crippen molar-refractivity contribution in [1.29, 1.82) is 0 Å². The van der Waals surface area contributed by atoms with Gasteiger partial charge in [-0.15, -0.1) is 0 Å². The first kappa shape index (κ1) is 14.6. The standard InChI is InChI=1S/C16H10F2N2OS/c17-10-5-6-13(18)12(7-10)15(21)8-22-16-11-3-1-2-4-14(11)19-9-20-16/h1-7,9H,8H2. The molecule has 0 unspecified atom stereocenters. The second kappa shape index (κ2) is 6.19. The highest BCUT2D eigenvalue weighted by molar-refractivity contribution is 8.00. The Hall–Kier alpha value is -2.34. The van der Waals surface area contributed by atoms with Gasteiger partial charge in [-0.1, -0.05) is 30.0 Å². The zero-order valence-corrected chi connectivity index (χ0v) is 12.1. The van der Waals surface area contributed by atoms with Crippen LogP contribution in [0.2, 0.25) is 0 Å². The highest BCUT2D eigenvalue weighted by atomic mass is 32.2. The summed E-state index contributed by atoms with van der Waals surface area (Å²) in [5.41, 5.74) is 0.523. The largest absolute Gasteiger partial charge is 0.293 e. The van der Waals surface area contributed by atoms with Gasteiger partial charge in [0.25, 0.3) is 0 Å². The SMILES string of the molecule is O=C(CSc1ncnc2ccccc12)c1cc(F)ccc1F. The fourth-order valence-electron chi connectivity index (χ4n) is 2.02. The normalized spacial score (nSPS) is 10.8. The van der Waals surface area contributed by atoms with Gasteiger partial charge in [0.15, 0.2) is 5.78 Å². The van der Waals surface area contributed by atoms with Gasteiger partial charge in [0.2, 0.25) is 0 Å². The van der Waals surface area contributed by atoms with E-state index in [4.69, 9.17) is 0 Å². The van der Waals surface area contributed by atoms with Gasteiger partial charge in [-0.05, 0) is 24.3 Å². The number of thioether (sulfide) groups is 1. The first-order valence-electron chi connectivity index (χ1n) is 6.46. The summed E-state index contributed by atoms with van der Waals surface area (Å²) in [5, 5.41) is 1.46. The van der Waals surface area contributed by atoms with Crippen molar-refractivity contribution in [3.63, 3.8) is 0 Å². The summed E-state index contributed by atoms with van der Waals surface area (Å²) in [7, 11) is 0. The third-order valence-electron chi connectivity index (χ3n) is 3.08. The number of halogens is 2. The maximum atomic E-state index is 13.6. The summed E-state index contributed by atoms with van der Waals surface area (Å²) in [6.07, 6.45) is 1.41. The molecule has 0 saturated carbocycles. The molecule has 3 rings (SSSR count). The van der Waals surface area contributed by atoms with Crippen molar-refractivity contribution in [3.05, 3.63) is 66.0 Å². The first-order valence-corrected chi connectivity index (χ1v) is 7.44. The van der Waals surface area contributed by atoms with Crippen LogP contribution in [-0.4, -0.2) is 21.5 Å². The van der Waals surface area contributed by atoms with E-state index >= 15 is 0 Å². The number of aromatic nitrogens is 2. The Balaban J connectivity index is 1.82. The van der Waals surface area contributed by atoms with Crippen LogP contribution in [-0.2, 0) is 0 Å². The van der Waals surface area contributed by atoms with Gasteiger partial charge in [-0.25, -0.2) is 18.7 Å². The van der Waals surface area contributed by atoms with Crippen molar-refractivity contribution in [2.24, 2.45) is 0 Å². The molecule has 1 aromatic heterocycles. The van der Waals surface area contributed by atoms with Crippen LogP contribution in [0.4, 0.5) is 8.78 Å². The summed E-state index contributed by atoms with van der Waals surface area (Å²) in [5.74, 6) is -1.87. The third-order valence-corrected chi connectivity index (χ3v) is 4.08. The first-order chi connectivity index (χ1) is 10.6. The van der Waals surface area contributed by atoms with Crippen LogP contribution in [0.3, 0.4) is 0 Å². The van der Waals surface area contributed by atoms with Gasteiger partial charge in [0, 0.05) is 5.39 Å². The smallest absolute Gasteiger partial charge is 0.176 e. The fraction of sp³-hybridized carbons (Fsp3) is 0.0625. The van der Waals surface area contributed by atoms with E-state index in [0.29, 0.717) is 5.03 Å². The fourth-order valence-corrected chi connectivity index (χ4v) is 2.89. The molecule has 22 heavy (non-hydrogen) atoms. The lowest BCUT2D eigenvalue weighted by Gasteiger charge is -2.05. The van der Waals surface area contributed by atoms with Gasteiger partial charge in [-0.2, -0.15) is 0 Å². The van der Waals surface area contributed by atoms with E-state index in [1.54, 1.807) is 0 Å². The quantitative estimate of drug-likeness (QED) is 0.416. The number of Topliss-reactive ketones (excluding diaryl/α,β-unsaturated/α-hetero) is 1. The monoisotopic (exact) mass is 316 g/mol. The highest BCUT2D eigenvalue weighted by Gasteiger charge is 2.14. The number of para-hydroxylation sites is 1. The second-order valence-corrected chi connectivity index (χ2v) is 5.50. The molecular weight excluding hydrogens is 306 g/mol. The van der Waals surface area contributed by atoms with Gasteiger partial charge < -0.3 is 0 Å². The summed E-state index contributed by atoms with van der Waals surface area (Å²) in [6, 6.07) is 10.3. The van der Waals surface area contributed by atoms with Gasteiger partial charge in [0.05, 0.1) is 16.8 Å². The predicted molar refractivity (Wildman–Crippen MR) is 81.0 cm³/mol. The van der Waals surface area contributed by atoms with Crippen molar-refractivity contribution < 1.29 is 13.6 Å². The molecule has 3 aromatic rings. The van der Waals surface area contributed by atoms with E-state index in [-0.39, 0.29) is 11.3 Å². The molecular formula is C16H10F2N2OS. The van der Waals surface area contributed by atoms with Crippen molar-refractivity contribution in [1.82, 2.24) is 9.97 Å². The maximum absolute atomic E-state index is 13.6. The van der Waals surface area contributed by atoms with Crippen LogP contribution in [0.5, 0.6) is 0 Å². The molecule has 0 amide bonds. The molecule has 0 aliphatic carbocycles. The number of nitrogens with zero attached hydrogens (tertiary/aromatic N) is 2. The van der Waals surface area contributed by atoms with Crippen LogP contribution < -0.4 is 0 Å². The van der Waals surface area contributed by atoms with E-state index in [9.17, 15) is 13.6 Å². The minimum Gasteiger partial charge on any atom is -0.293 e. The Morgan fingerprint density at radius 2 is 1.91 bits per heavy atom. The number of fused-ring (bicyclic) bond motifs is 1. The van der Waals surface area contributed by atoms with Crippen molar-refractivity contribution in [2.75, 3.05) is 5.75 Å². The average Bonchev–Trinajstić information content (AvgIpc) is 2.54. The Morgan fingerprint density at radius 1 is 1.09 bits per heavy atom. The lowest BCUT2D eigenvalue weighted by Crippen LogP contribution is -2.06. The molecule has 110 valence electrons. The number of hydrogen-bond donors (Lipinski definition) is 0. The van der Waals surface area contributed by atoms with E-state index in [0.717, 1.165) is 29.1 Å². The topological polar surface area (TPSA) is 42.9 Å². The van der Waals surface area contributed by atoms with Crippen LogP contribution in [0.1, 0.15) is 10.4 Å². The van der Waals surface area contributed by atoms with Crippen LogP contribution >= 0.6 is 11.8 Å². The number of hydrogen-bond acceptors (Lipinski definition) is 4. The van der Waals surface area contributed by atoms with Gasteiger partial charge in [-0.3, -0.25) is 4.79 Å². The van der Waals surface area contributed by atoms with Crippen molar-refractivity contribution in [2.45, 2.75) is 5.03 Å². The third kappa shape index (κ3) is 2.96. The molecule has 0 atom stereocenters. The van der Waals surface area contributed by atoms with E-state index in [1.807, 2.05) is 24.3 Å². The Morgan fingerprint density at radius 3 is 2.77 bits per heavy atom. The van der Waals surface area contributed by atoms with E-state index in [2.05, 4.69) is 9.97 Å². The molecule has 1 heterocycles. The number of rotatable bonds is 4. The van der Waals surface area contributed by atoms with Crippen LogP contribution in [0, 0.1) is 11.6 Å². The summed E-state index contributed by atoms with van der Waals surface area (Å²) < 4.78 is 26.7. The number of ketones is 1. The minimum absolute atomic E-state index is 0.0264. The predicted octanol–water partition coefficient (Wildman–Crippen LogP) is 3.88. The van der Waals surface area contributed by atoms with Crippen LogP contribution in [0.25, 0.3) is 10.9 Å². The zero-order chi connectivity index (χ0) is 15.5. The molecule has 0 bridgehead atoms. The molecule has 2 aromatic carbocycles. The molecule has 0 aliphatic heterocycles. The van der Waals surface area contributed by atoms with Crippen LogP contribution in [0.15, 0.2) is 53.8 Å². The number of carbonyl (C=O) groups excluding carboxylic acids is 1. The molecule has 0 N–H and O–H groups in total. The number of carbonyl (C=O) groups is 1.